The summed E-state index contributed by atoms with van der Waals surface area (Å²) in [6.07, 6.45) is 9.07. The molecule has 0 radical (unpaired) electrons. The number of rotatable bonds is 3. The van der Waals surface area contributed by atoms with Gasteiger partial charge in [-0.1, -0.05) is 19.3 Å². The molecule has 2 heteroatoms. The lowest BCUT2D eigenvalue weighted by Gasteiger charge is -2.31. The first-order chi connectivity index (χ1) is 6.74. The molecule has 0 aliphatic heterocycles. The smallest absolute Gasteiger partial charge is 0.106 e. The van der Waals surface area contributed by atoms with Crippen molar-refractivity contribution in [2.75, 3.05) is 0 Å². The van der Waals surface area contributed by atoms with E-state index in [-0.39, 0.29) is 5.54 Å². The fourth-order valence-corrected chi connectivity index (χ4v) is 2.57. The van der Waals surface area contributed by atoms with Crippen LogP contribution in [0.4, 0.5) is 0 Å². The Morgan fingerprint density at radius 3 is 2.29 bits per heavy atom. The summed E-state index contributed by atoms with van der Waals surface area (Å²) >= 11 is 0. The van der Waals surface area contributed by atoms with Gasteiger partial charge in [-0.3, -0.25) is 5.32 Å². The molecule has 0 amide bonds. The Morgan fingerprint density at radius 1 is 1.14 bits per heavy atom. The van der Waals surface area contributed by atoms with Gasteiger partial charge in [0.1, 0.15) is 5.54 Å². The number of hydrogen-bond donors (Lipinski definition) is 1. The molecule has 78 valence electrons. The lowest BCUT2D eigenvalue weighted by Crippen LogP contribution is -2.49. The van der Waals surface area contributed by atoms with Gasteiger partial charge in [0, 0.05) is 6.04 Å². The molecule has 2 saturated carbocycles. The van der Waals surface area contributed by atoms with Crippen molar-refractivity contribution in [1.82, 2.24) is 5.32 Å². The van der Waals surface area contributed by atoms with Gasteiger partial charge in [0.2, 0.25) is 0 Å². The molecule has 1 N–H and O–H groups in total. The van der Waals surface area contributed by atoms with E-state index in [2.05, 4.69) is 18.3 Å². The fourth-order valence-electron chi connectivity index (χ4n) is 2.57. The minimum Gasteiger partial charge on any atom is -0.297 e. The molecule has 2 fully saturated rings. The number of nitrogens with one attached hydrogen (secondary N) is 1. The van der Waals surface area contributed by atoms with Gasteiger partial charge < -0.3 is 0 Å². The first-order valence-corrected chi connectivity index (χ1v) is 5.93. The first-order valence-electron chi connectivity index (χ1n) is 5.93. The van der Waals surface area contributed by atoms with Crippen molar-refractivity contribution in [1.29, 1.82) is 5.26 Å². The highest BCUT2D eigenvalue weighted by Crippen LogP contribution is 2.40. The lowest BCUT2D eigenvalue weighted by molar-refractivity contribution is 0.286. The molecular formula is C12H20N2. The van der Waals surface area contributed by atoms with Crippen LogP contribution in [0.5, 0.6) is 0 Å². The second kappa shape index (κ2) is 3.90. The van der Waals surface area contributed by atoms with Crippen LogP contribution in [-0.4, -0.2) is 11.6 Å². The SMILES string of the molecule is CC(C#N)(NC1CCCCC1)C1CC1. The third-order valence-electron chi connectivity index (χ3n) is 3.74. The standard InChI is InChI=1S/C12H20N2/c1-12(9-13,10-7-8-10)14-11-5-3-2-4-6-11/h10-11,14H,2-8H2,1H3. The average molecular weight is 192 g/mol. The van der Waals surface area contributed by atoms with Crippen LogP contribution in [0.2, 0.25) is 0 Å². The van der Waals surface area contributed by atoms with E-state index in [0.29, 0.717) is 12.0 Å². The van der Waals surface area contributed by atoms with Crippen LogP contribution in [0, 0.1) is 17.2 Å². The zero-order valence-electron chi connectivity index (χ0n) is 9.05. The summed E-state index contributed by atoms with van der Waals surface area (Å²) < 4.78 is 0. The molecule has 0 aromatic rings. The van der Waals surface area contributed by atoms with Gasteiger partial charge in [0.25, 0.3) is 0 Å². The zero-order valence-corrected chi connectivity index (χ0v) is 9.05. The van der Waals surface area contributed by atoms with Gasteiger partial charge in [0.05, 0.1) is 6.07 Å². The van der Waals surface area contributed by atoms with Gasteiger partial charge >= 0.3 is 0 Å². The van der Waals surface area contributed by atoms with Gasteiger partial charge in [-0.2, -0.15) is 5.26 Å². The van der Waals surface area contributed by atoms with Crippen LogP contribution in [0.1, 0.15) is 51.9 Å². The van der Waals surface area contributed by atoms with Crippen molar-refractivity contribution in [2.24, 2.45) is 5.92 Å². The summed E-state index contributed by atoms with van der Waals surface area (Å²) in [5.41, 5.74) is -0.234. The Balaban J connectivity index is 1.90. The molecule has 0 aromatic heterocycles. The zero-order chi connectivity index (χ0) is 10.0. The van der Waals surface area contributed by atoms with Crippen molar-refractivity contribution in [3.63, 3.8) is 0 Å². The maximum atomic E-state index is 9.21. The summed E-state index contributed by atoms with van der Waals surface area (Å²) in [7, 11) is 0. The molecule has 0 heterocycles. The molecule has 0 bridgehead atoms. The van der Waals surface area contributed by atoms with E-state index < -0.39 is 0 Å². The van der Waals surface area contributed by atoms with Crippen LogP contribution >= 0.6 is 0 Å². The molecule has 1 unspecified atom stereocenters. The van der Waals surface area contributed by atoms with Crippen molar-refractivity contribution in [2.45, 2.75) is 63.5 Å². The van der Waals surface area contributed by atoms with Gasteiger partial charge in [-0.05, 0) is 38.5 Å². The maximum absolute atomic E-state index is 9.21. The van der Waals surface area contributed by atoms with E-state index >= 15 is 0 Å². The number of nitriles is 1. The van der Waals surface area contributed by atoms with Gasteiger partial charge in [-0.15, -0.1) is 0 Å². The van der Waals surface area contributed by atoms with Crippen LogP contribution in [0.15, 0.2) is 0 Å². The van der Waals surface area contributed by atoms with Gasteiger partial charge in [0.15, 0.2) is 0 Å². The van der Waals surface area contributed by atoms with E-state index in [1.54, 1.807) is 0 Å². The molecular weight excluding hydrogens is 172 g/mol. The van der Waals surface area contributed by atoms with E-state index in [1.807, 2.05) is 0 Å². The van der Waals surface area contributed by atoms with Crippen LogP contribution < -0.4 is 5.32 Å². The molecule has 2 nitrogen and oxygen atoms in total. The third kappa shape index (κ3) is 2.09. The fraction of sp³-hybridized carbons (Fsp3) is 0.917. The average Bonchev–Trinajstić information content (AvgIpc) is 3.03. The molecule has 1 atom stereocenters. The molecule has 0 saturated heterocycles. The molecule has 0 aromatic carbocycles. The van der Waals surface area contributed by atoms with Crippen molar-refractivity contribution < 1.29 is 0 Å². The minimum atomic E-state index is -0.234. The van der Waals surface area contributed by atoms with Crippen molar-refractivity contribution in [3.05, 3.63) is 0 Å². The van der Waals surface area contributed by atoms with Crippen molar-refractivity contribution >= 4 is 0 Å². The van der Waals surface area contributed by atoms with Crippen LogP contribution in [0.25, 0.3) is 0 Å². The minimum absolute atomic E-state index is 0.234. The molecule has 0 spiro atoms. The third-order valence-corrected chi connectivity index (χ3v) is 3.74. The first kappa shape index (κ1) is 9.98. The predicted molar refractivity (Wildman–Crippen MR) is 56.8 cm³/mol. The number of hydrogen-bond acceptors (Lipinski definition) is 2. The Morgan fingerprint density at radius 2 is 1.79 bits per heavy atom. The molecule has 2 rings (SSSR count). The second-order valence-corrected chi connectivity index (χ2v) is 5.07. The van der Waals surface area contributed by atoms with Crippen molar-refractivity contribution in [3.8, 4) is 6.07 Å². The quantitative estimate of drug-likeness (QED) is 0.746. The van der Waals surface area contributed by atoms with Crippen LogP contribution in [-0.2, 0) is 0 Å². The van der Waals surface area contributed by atoms with E-state index in [0.717, 1.165) is 0 Å². The van der Waals surface area contributed by atoms with Gasteiger partial charge in [-0.25, -0.2) is 0 Å². The van der Waals surface area contributed by atoms with Crippen LogP contribution in [0.3, 0.4) is 0 Å². The summed E-state index contributed by atoms with van der Waals surface area (Å²) in [6, 6.07) is 3.08. The van der Waals surface area contributed by atoms with E-state index in [9.17, 15) is 5.26 Å². The summed E-state index contributed by atoms with van der Waals surface area (Å²) in [5.74, 6) is 0.620. The Kier molecular flexibility index (Phi) is 2.78. The number of nitrogens with zero attached hydrogens (tertiary/aromatic N) is 1. The largest absolute Gasteiger partial charge is 0.297 e. The molecule has 2 aliphatic carbocycles. The molecule has 14 heavy (non-hydrogen) atoms. The second-order valence-electron chi connectivity index (χ2n) is 5.07. The lowest BCUT2D eigenvalue weighted by atomic mass is 9.90. The highest BCUT2D eigenvalue weighted by molar-refractivity contribution is 5.13. The highest BCUT2D eigenvalue weighted by Gasteiger charge is 2.42. The Labute approximate surface area is 86.7 Å². The summed E-state index contributed by atoms with van der Waals surface area (Å²) in [4.78, 5) is 0. The summed E-state index contributed by atoms with van der Waals surface area (Å²) in [6.45, 7) is 2.08. The Bertz CT molecular complexity index is 233. The Hall–Kier alpha value is -0.550. The summed E-state index contributed by atoms with van der Waals surface area (Å²) in [5, 5.41) is 12.8. The topological polar surface area (TPSA) is 35.8 Å². The molecule has 2 aliphatic rings. The predicted octanol–water partition coefficient (Wildman–Crippen LogP) is 2.60. The van der Waals surface area contributed by atoms with E-state index in [4.69, 9.17) is 0 Å². The maximum Gasteiger partial charge on any atom is 0.106 e. The normalized spacial score (nSPS) is 28.0. The van der Waals surface area contributed by atoms with E-state index in [1.165, 1.54) is 44.9 Å². The highest BCUT2D eigenvalue weighted by atomic mass is 15.0. The monoisotopic (exact) mass is 192 g/mol.